The van der Waals surface area contributed by atoms with Gasteiger partial charge in [0.15, 0.2) is 5.75 Å². The largest absolute Gasteiger partial charge is 0.481 e. The van der Waals surface area contributed by atoms with Gasteiger partial charge >= 0.3 is 5.97 Å². The zero-order valence-electron chi connectivity index (χ0n) is 12.5. The van der Waals surface area contributed by atoms with Crippen LogP contribution < -0.4 is 15.1 Å². The van der Waals surface area contributed by atoms with Gasteiger partial charge in [-0.1, -0.05) is 5.92 Å². The van der Waals surface area contributed by atoms with Crippen molar-refractivity contribution in [1.29, 1.82) is 0 Å². The predicted molar refractivity (Wildman–Crippen MR) is 90.8 cm³/mol. The molecule has 0 aliphatic heterocycles. The van der Waals surface area contributed by atoms with Crippen molar-refractivity contribution in [3.63, 3.8) is 0 Å². The van der Waals surface area contributed by atoms with E-state index in [1.165, 1.54) is 0 Å². The number of hydroxylamine groups is 1. The third-order valence-corrected chi connectivity index (χ3v) is 3.96. The maximum atomic E-state index is 11.0. The molecule has 2 aromatic rings. The summed E-state index contributed by atoms with van der Waals surface area (Å²) in [5, 5.41) is 9.37. The van der Waals surface area contributed by atoms with Crippen molar-refractivity contribution < 1.29 is 24.3 Å². The number of carbonyl (C=O) groups is 2. The molecule has 1 aromatic heterocycles. The number of hydrogen-bond acceptors (Lipinski definition) is 5. The number of carboxylic acid groups (broad SMARTS) is 1. The summed E-state index contributed by atoms with van der Waals surface area (Å²) in [6, 6.07) is 2.84. The third kappa shape index (κ3) is 4.28. The van der Waals surface area contributed by atoms with E-state index in [0.29, 0.717) is 27.6 Å². The summed E-state index contributed by atoms with van der Waals surface area (Å²) in [5.74, 6) is 2.40. The SMILES string of the molecule is C#CCOc1ccc2[nH]cc(ON[C@H](C=O)CCC(=O)O)c2c1Br. The van der Waals surface area contributed by atoms with Crippen LogP contribution in [0.15, 0.2) is 22.8 Å². The van der Waals surface area contributed by atoms with E-state index in [1.54, 1.807) is 18.3 Å². The number of rotatable bonds is 9. The van der Waals surface area contributed by atoms with Gasteiger partial charge in [0.25, 0.3) is 0 Å². The van der Waals surface area contributed by atoms with E-state index < -0.39 is 12.0 Å². The molecule has 126 valence electrons. The van der Waals surface area contributed by atoms with Gasteiger partial charge in [-0.05, 0) is 34.5 Å². The molecular weight excluding hydrogens is 380 g/mol. The van der Waals surface area contributed by atoms with E-state index in [0.717, 1.165) is 5.52 Å². The van der Waals surface area contributed by atoms with Gasteiger partial charge in [0.1, 0.15) is 18.6 Å². The first-order valence-electron chi connectivity index (χ1n) is 7.02. The van der Waals surface area contributed by atoms with E-state index >= 15 is 0 Å². The number of aromatic amines is 1. The van der Waals surface area contributed by atoms with Gasteiger partial charge in [0, 0.05) is 12.6 Å². The van der Waals surface area contributed by atoms with Gasteiger partial charge in [0.2, 0.25) is 0 Å². The number of nitrogens with one attached hydrogen (secondary N) is 2. The zero-order valence-corrected chi connectivity index (χ0v) is 14.1. The van der Waals surface area contributed by atoms with Gasteiger partial charge in [-0.25, -0.2) is 0 Å². The topological polar surface area (TPSA) is 101 Å². The summed E-state index contributed by atoms with van der Waals surface area (Å²) in [6.07, 6.45) is 7.40. The highest BCUT2D eigenvalue weighted by molar-refractivity contribution is 9.10. The molecule has 7 nitrogen and oxygen atoms in total. The Bertz CT molecular complexity index is 781. The van der Waals surface area contributed by atoms with Crippen molar-refractivity contribution in [3.8, 4) is 23.8 Å². The van der Waals surface area contributed by atoms with Gasteiger partial charge in [-0.15, -0.1) is 11.9 Å². The van der Waals surface area contributed by atoms with Gasteiger partial charge < -0.3 is 24.5 Å². The van der Waals surface area contributed by atoms with E-state index in [4.69, 9.17) is 21.1 Å². The number of carboxylic acids is 1. The Hall–Kier alpha value is -2.50. The molecule has 0 saturated carbocycles. The first-order valence-corrected chi connectivity index (χ1v) is 7.81. The number of aldehydes is 1. The highest BCUT2D eigenvalue weighted by Gasteiger charge is 2.16. The summed E-state index contributed by atoms with van der Waals surface area (Å²) in [5.41, 5.74) is 3.36. The molecular formula is C16H15BrN2O5. The summed E-state index contributed by atoms with van der Waals surface area (Å²) in [6.45, 7) is 0.130. The monoisotopic (exact) mass is 394 g/mol. The molecule has 0 unspecified atom stereocenters. The molecule has 0 bridgehead atoms. The second-order valence-electron chi connectivity index (χ2n) is 4.84. The molecule has 2 rings (SSSR count). The van der Waals surface area contributed by atoms with Crippen LogP contribution in [0.5, 0.6) is 11.5 Å². The fraction of sp³-hybridized carbons (Fsp3) is 0.250. The average molecular weight is 395 g/mol. The molecule has 0 fully saturated rings. The second kappa shape index (κ2) is 8.38. The fourth-order valence-electron chi connectivity index (χ4n) is 2.02. The number of carbonyl (C=O) groups excluding carboxylic acids is 1. The molecule has 24 heavy (non-hydrogen) atoms. The quantitative estimate of drug-likeness (QED) is 0.342. The minimum Gasteiger partial charge on any atom is -0.481 e. The van der Waals surface area contributed by atoms with Crippen molar-refractivity contribution in [2.45, 2.75) is 18.9 Å². The molecule has 0 aliphatic rings. The summed E-state index contributed by atoms with van der Waals surface area (Å²) in [7, 11) is 0. The Kier molecular flexibility index (Phi) is 6.23. The number of aliphatic carboxylic acids is 1. The smallest absolute Gasteiger partial charge is 0.303 e. The van der Waals surface area contributed by atoms with Gasteiger partial charge in [0.05, 0.1) is 21.4 Å². The number of halogens is 1. The molecule has 0 aliphatic carbocycles. The van der Waals surface area contributed by atoms with Crippen molar-refractivity contribution in [2.75, 3.05) is 6.61 Å². The van der Waals surface area contributed by atoms with Crippen molar-refractivity contribution in [3.05, 3.63) is 22.8 Å². The lowest BCUT2D eigenvalue weighted by molar-refractivity contribution is -0.137. The van der Waals surface area contributed by atoms with Crippen LogP contribution >= 0.6 is 15.9 Å². The lowest BCUT2D eigenvalue weighted by atomic mass is 10.2. The van der Waals surface area contributed by atoms with E-state index in [9.17, 15) is 9.59 Å². The highest BCUT2D eigenvalue weighted by atomic mass is 79.9. The minimum absolute atomic E-state index is 0.124. The molecule has 3 N–H and O–H groups in total. The lowest BCUT2D eigenvalue weighted by Crippen LogP contribution is -2.33. The standard InChI is InChI=1S/C16H15BrN2O5/c1-2-7-23-12-5-4-11-15(16(12)17)13(8-18-11)24-19-10(9-20)3-6-14(21)22/h1,4-5,8-10,18-19H,3,6-7H2,(H,21,22)/t10-/m0/s1. The number of fused-ring (bicyclic) bond motifs is 1. The first-order chi connectivity index (χ1) is 11.6. The normalized spacial score (nSPS) is 11.7. The Morgan fingerprint density at radius 2 is 2.29 bits per heavy atom. The van der Waals surface area contributed by atoms with Crippen molar-refractivity contribution in [1.82, 2.24) is 10.5 Å². The zero-order chi connectivity index (χ0) is 17.5. The maximum absolute atomic E-state index is 11.0. The van der Waals surface area contributed by atoms with Crippen molar-refractivity contribution >= 4 is 39.1 Å². The van der Waals surface area contributed by atoms with Crippen LogP contribution in [0.1, 0.15) is 12.8 Å². The molecule has 0 amide bonds. The van der Waals surface area contributed by atoms with Crippen LogP contribution in [0.25, 0.3) is 10.9 Å². The van der Waals surface area contributed by atoms with Gasteiger partial charge in [-0.3, -0.25) is 4.79 Å². The number of H-pyrrole nitrogens is 1. The molecule has 0 saturated heterocycles. The Morgan fingerprint density at radius 1 is 1.50 bits per heavy atom. The van der Waals surface area contributed by atoms with Crippen LogP contribution in [0.2, 0.25) is 0 Å². The summed E-state index contributed by atoms with van der Waals surface area (Å²) in [4.78, 5) is 30.0. The Morgan fingerprint density at radius 3 is 2.96 bits per heavy atom. The second-order valence-corrected chi connectivity index (χ2v) is 5.63. The predicted octanol–water partition coefficient (Wildman–Crippen LogP) is 2.26. The summed E-state index contributed by atoms with van der Waals surface area (Å²) < 4.78 is 6.09. The van der Waals surface area contributed by atoms with Crippen molar-refractivity contribution in [2.24, 2.45) is 0 Å². The van der Waals surface area contributed by atoms with Crippen LogP contribution in [-0.4, -0.2) is 35.0 Å². The van der Waals surface area contributed by atoms with E-state index in [2.05, 4.69) is 32.3 Å². The third-order valence-electron chi connectivity index (χ3n) is 3.18. The number of aromatic nitrogens is 1. The van der Waals surface area contributed by atoms with Crippen LogP contribution in [-0.2, 0) is 9.59 Å². The first kappa shape index (κ1) is 17.8. The number of benzene rings is 1. The molecule has 1 heterocycles. The Balaban J connectivity index is 2.15. The van der Waals surface area contributed by atoms with E-state index in [-0.39, 0.29) is 19.4 Å². The summed E-state index contributed by atoms with van der Waals surface area (Å²) >= 11 is 3.45. The molecule has 0 spiro atoms. The molecule has 0 radical (unpaired) electrons. The van der Waals surface area contributed by atoms with Crippen LogP contribution in [0, 0.1) is 12.3 Å². The number of ether oxygens (including phenoxy) is 1. The van der Waals surface area contributed by atoms with Crippen LogP contribution in [0.3, 0.4) is 0 Å². The maximum Gasteiger partial charge on any atom is 0.303 e. The Labute approximate surface area is 146 Å². The number of terminal acetylenes is 1. The fourth-order valence-corrected chi connectivity index (χ4v) is 2.67. The molecule has 8 heteroatoms. The molecule has 1 atom stereocenters. The van der Waals surface area contributed by atoms with E-state index in [1.807, 2.05) is 0 Å². The van der Waals surface area contributed by atoms with Crippen LogP contribution in [0.4, 0.5) is 0 Å². The minimum atomic E-state index is -0.978. The van der Waals surface area contributed by atoms with Gasteiger partial charge in [-0.2, -0.15) is 0 Å². The number of hydrogen-bond donors (Lipinski definition) is 3. The average Bonchev–Trinajstić information content (AvgIpc) is 2.98. The molecule has 1 aromatic carbocycles. The highest BCUT2D eigenvalue weighted by Crippen LogP contribution is 2.38. The lowest BCUT2D eigenvalue weighted by Gasteiger charge is -2.12.